The molecule has 0 aliphatic rings. The largest absolute Gasteiger partial charge is 0.453 e. The Bertz CT molecular complexity index is 1060. The monoisotopic (exact) mass is 353 g/mol. The molecule has 4 rings (SSSR count). The summed E-state index contributed by atoms with van der Waals surface area (Å²) in [4.78, 5) is 16.8. The third kappa shape index (κ3) is 2.94. The summed E-state index contributed by atoms with van der Waals surface area (Å²) < 4.78 is 12.7. The third-order valence-electron chi connectivity index (χ3n) is 3.88. The minimum Gasteiger partial charge on any atom is -0.453 e. The second-order valence-electron chi connectivity index (χ2n) is 5.68. The molecule has 4 aromatic rings. The van der Waals surface area contributed by atoms with Gasteiger partial charge in [0.1, 0.15) is 17.2 Å². The summed E-state index contributed by atoms with van der Waals surface area (Å²) in [6, 6.07) is 7.54. The molecule has 126 valence electrons. The Morgan fingerprint density at radius 1 is 1.36 bits per heavy atom. The average Bonchev–Trinajstić information content (AvgIpc) is 3.32. The third-order valence-corrected chi connectivity index (χ3v) is 4.82. The van der Waals surface area contributed by atoms with Crippen molar-refractivity contribution < 1.29 is 13.9 Å². The number of ether oxygens (including phenoxy) is 1. The van der Waals surface area contributed by atoms with Gasteiger partial charge in [0.15, 0.2) is 0 Å². The van der Waals surface area contributed by atoms with Gasteiger partial charge in [-0.25, -0.2) is 9.78 Å². The van der Waals surface area contributed by atoms with Crippen LogP contribution in [0.3, 0.4) is 0 Å². The maximum atomic E-state index is 12.3. The molecule has 0 atom stereocenters. The summed E-state index contributed by atoms with van der Waals surface area (Å²) in [5, 5.41) is 7.77. The molecule has 0 saturated heterocycles. The van der Waals surface area contributed by atoms with Crippen molar-refractivity contribution in [2.24, 2.45) is 7.05 Å². The van der Waals surface area contributed by atoms with Gasteiger partial charge >= 0.3 is 5.97 Å². The molecule has 0 spiro atoms. The van der Waals surface area contributed by atoms with Crippen LogP contribution in [0.15, 0.2) is 46.5 Å². The van der Waals surface area contributed by atoms with Crippen molar-refractivity contribution >= 4 is 28.3 Å². The van der Waals surface area contributed by atoms with Crippen LogP contribution in [0.4, 0.5) is 0 Å². The molecule has 0 aliphatic carbocycles. The lowest BCUT2D eigenvalue weighted by atomic mass is 10.1. The lowest BCUT2D eigenvalue weighted by molar-refractivity contribution is 0.0433. The van der Waals surface area contributed by atoms with Crippen molar-refractivity contribution in [3.05, 3.63) is 59.1 Å². The molecule has 0 unspecified atom stereocenters. The zero-order valence-corrected chi connectivity index (χ0v) is 14.5. The predicted molar refractivity (Wildman–Crippen MR) is 94.4 cm³/mol. The first-order chi connectivity index (χ1) is 12.1. The minimum atomic E-state index is -0.482. The van der Waals surface area contributed by atoms with Crippen LogP contribution in [0.2, 0.25) is 0 Å². The number of hydrogen-bond acceptors (Lipinski definition) is 6. The number of rotatable bonds is 4. The van der Waals surface area contributed by atoms with E-state index >= 15 is 0 Å². The van der Waals surface area contributed by atoms with E-state index in [2.05, 4.69) is 10.1 Å². The Labute approximate surface area is 147 Å². The Morgan fingerprint density at radius 3 is 2.96 bits per heavy atom. The van der Waals surface area contributed by atoms with Gasteiger partial charge in [0, 0.05) is 35.1 Å². The molecular weight excluding hydrogens is 338 g/mol. The molecule has 3 heterocycles. The molecule has 7 heteroatoms. The SMILES string of the molecule is Cc1c(C(=O)OCc2csc(-c3cnn(C)c3)n2)oc2ccccc12. The van der Waals surface area contributed by atoms with E-state index in [1.54, 1.807) is 10.9 Å². The minimum absolute atomic E-state index is 0.103. The van der Waals surface area contributed by atoms with Gasteiger partial charge in [-0.3, -0.25) is 4.68 Å². The van der Waals surface area contributed by atoms with Crippen molar-refractivity contribution in [1.29, 1.82) is 0 Å². The first kappa shape index (κ1) is 15.6. The molecule has 0 radical (unpaired) electrons. The number of furan rings is 1. The van der Waals surface area contributed by atoms with Crippen LogP contribution in [-0.4, -0.2) is 20.7 Å². The maximum Gasteiger partial charge on any atom is 0.374 e. The van der Waals surface area contributed by atoms with E-state index in [0.29, 0.717) is 11.3 Å². The summed E-state index contributed by atoms with van der Waals surface area (Å²) >= 11 is 1.49. The van der Waals surface area contributed by atoms with E-state index in [1.165, 1.54) is 11.3 Å². The van der Waals surface area contributed by atoms with Crippen LogP contribution in [-0.2, 0) is 18.4 Å². The number of carbonyl (C=O) groups is 1. The summed E-state index contributed by atoms with van der Waals surface area (Å²) in [7, 11) is 1.86. The first-order valence-corrected chi connectivity index (χ1v) is 8.58. The quantitative estimate of drug-likeness (QED) is 0.520. The maximum absolute atomic E-state index is 12.3. The number of para-hydroxylation sites is 1. The van der Waals surface area contributed by atoms with Gasteiger partial charge in [0.2, 0.25) is 5.76 Å². The highest BCUT2D eigenvalue weighted by atomic mass is 32.1. The smallest absolute Gasteiger partial charge is 0.374 e. The fraction of sp³-hybridized carbons (Fsp3) is 0.167. The fourth-order valence-corrected chi connectivity index (χ4v) is 3.39. The van der Waals surface area contributed by atoms with Crippen molar-refractivity contribution in [2.75, 3.05) is 0 Å². The summed E-state index contributed by atoms with van der Waals surface area (Å²) in [6.45, 7) is 1.96. The Kier molecular flexibility index (Phi) is 3.85. The van der Waals surface area contributed by atoms with E-state index in [0.717, 1.165) is 21.5 Å². The zero-order chi connectivity index (χ0) is 17.4. The highest BCUT2D eigenvalue weighted by Crippen LogP contribution is 2.26. The van der Waals surface area contributed by atoms with E-state index in [9.17, 15) is 4.79 Å². The normalized spacial score (nSPS) is 11.1. The van der Waals surface area contributed by atoms with Gasteiger partial charge in [0.05, 0.1) is 11.9 Å². The van der Waals surface area contributed by atoms with E-state index in [1.807, 2.05) is 49.8 Å². The van der Waals surface area contributed by atoms with Crippen LogP contribution in [0.25, 0.3) is 21.5 Å². The van der Waals surface area contributed by atoms with Crippen LogP contribution in [0.5, 0.6) is 0 Å². The number of aryl methyl sites for hydroxylation is 2. The van der Waals surface area contributed by atoms with Crippen molar-refractivity contribution in [1.82, 2.24) is 14.8 Å². The topological polar surface area (TPSA) is 70.2 Å². The van der Waals surface area contributed by atoms with Gasteiger partial charge in [-0.1, -0.05) is 18.2 Å². The average molecular weight is 353 g/mol. The molecule has 0 aliphatic heterocycles. The molecule has 0 saturated carbocycles. The number of fused-ring (bicyclic) bond motifs is 1. The van der Waals surface area contributed by atoms with Crippen LogP contribution < -0.4 is 0 Å². The van der Waals surface area contributed by atoms with E-state index in [4.69, 9.17) is 9.15 Å². The van der Waals surface area contributed by atoms with Crippen molar-refractivity contribution in [3.63, 3.8) is 0 Å². The first-order valence-electron chi connectivity index (χ1n) is 7.70. The molecule has 0 bridgehead atoms. The van der Waals surface area contributed by atoms with Crippen LogP contribution in [0.1, 0.15) is 21.8 Å². The summed E-state index contributed by atoms with van der Waals surface area (Å²) in [6.07, 6.45) is 3.65. The van der Waals surface area contributed by atoms with Gasteiger partial charge < -0.3 is 9.15 Å². The van der Waals surface area contributed by atoms with Gasteiger partial charge in [0.25, 0.3) is 0 Å². The molecule has 0 amide bonds. The lowest BCUT2D eigenvalue weighted by Gasteiger charge is -2.01. The molecule has 0 N–H and O–H groups in total. The zero-order valence-electron chi connectivity index (χ0n) is 13.7. The summed E-state index contributed by atoms with van der Waals surface area (Å²) in [5.74, 6) is -0.242. The lowest BCUT2D eigenvalue weighted by Crippen LogP contribution is -2.05. The van der Waals surface area contributed by atoms with Crippen LogP contribution >= 0.6 is 11.3 Å². The Hall–Kier alpha value is -2.93. The molecule has 1 aromatic carbocycles. The number of benzene rings is 1. The van der Waals surface area contributed by atoms with E-state index in [-0.39, 0.29) is 12.4 Å². The number of carbonyl (C=O) groups excluding carboxylic acids is 1. The van der Waals surface area contributed by atoms with Crippen molar-refractivity contribution in [2.45, 2.75) is 13.5 Å². The molecule has 25 heavy (non-hydrogen) atoms. The number of thiazole rings is 1. The Balaban J connectivity index is 1.48. The summed E-state index contributed by atoms with van der Waals surface area (Å²) in [5.41, 5.74) is 3.11. The highest BCUT2D eigenvalue weighted by Gasteiger charge is 2.19. The second kappa shape index (κ2) is 6.18. The van der Waals surface area contributed by atoms with Gasteiger partial charge in [-0.05, 0) is 13.0 Å². The highest BCUT2D eigenvalue weighted by molar-refractivity contribution is 7.13. The standard InChI is InChI=1S/C18H15N3O3S/c1-11-14-5-3-4-6-15(14)24-16(11)18(22)23-9-13-10-25-17(20-13)12-7-19-21(2)8-12/h3-8,10H,9H2,1-2H3. The fourth-order valence-electron chi connectivity index (χ4n) is 2.61. The number of hydrogen-bond donors (Lipinski definition) is 0. The molecular formula is C18H15N3O3S. The van der Waals surface area contributed by atoms with Crippen molar-refractivity contribution in [3.8, 4) is 10.6 Å². The number of nitrogens with zero attached hydrogens (tertiary/aromatic N) is 3. The molecule has 0 fully saturated rings. The molecule has 6 nitrogen and oxygen atoms in total. The van der Waals surface area contributed by atoms with Gasteiger partial charge in [-0.15, -0.1) is 11.3 Å². The Morgan fingerprint density at radius 2 is 2.20 bits per heavy atom. The van der Waals surface area contributed by atoms with Crippen LogP contribution in [0, 0.1) is 6.92 Å². The number of esters is 1. The molecule has 3 aromatic heterocycles. The van der Waals surface area contributed by atoms with E-state index < -0.39 is 5.97 Å². The number of aromatic nitrogens is 3. The second-order valence-corrected chi connectivity index (χ2v) is 6.53. The predicted octanol–water partition coefficient (Wildman–Crippen LogP) is 3.96. The van der Waals surface area contributed by atoms with Gasteiger partial charge in [-0.2, -0.15) is 5.10 Å².